The summed E-state index contributed by atoms with van der Waals surface area (Å²) in [5, 5.41) is 0. The number of aryl methyl sites for hydroxylation is 1. The van der Waals surface area contributed by atoms with Gasteiger partial charge in [-0.1, -0.05) is 30.3 Å². The number of nitrogen functional groups attached to an aromatic ring is 1. The van der Waals surface area contributed by atoms with Gasteiger partial charge in [0.2, 0.25) is 15.8 Å². The van der Waals surface area contributed by atoms with Gasteiger partial charge in [-0.25, -0.2) is 13.4 Å². The zero-order chi connectivity index (χ0) is 20.4. The summed E-state index contributed by atoms with van der Waals surface area (Å²) in [6.45, 7) is 5.21. The fourth-order valence-corrected chi connectivity index (χ4v) is 4.73. The van der Waals surface area contributed by atoms with Crippen LogP contribution in [0.1, 0.15) is 5.56 Å². The lowest BCUT2D eigenvalue weighted by molar-refractivity contribution is 0.595. The van der Waals surface area contributed by atoms with Crippen molar-refractivity contribution in [3.05, 3.63) is 66.4 Å². The zero-order valence-corrected chi connectivity index (χ0v) is 17.0. The normalized spacial score (nSPS) is 14.8. The molecule has 7 nitrogen and oxygen atoms in total. The van der Waals surface area contributed by atoms with Gasteiger partial charge in [0.1, 0.15) is 10.7 Å². The van der Waals surface area contributed by atoms with Crippen LogP contribution < -0.4 is 15.5 Å². The Balaban J connectivity index is 1.51. The van der Waals surface area contributed by atoms with Crippen molar-refractivity contribution in [3.8, 4) is 0 Å². The second kappa shape index (κ2) is 7.71. The van der Waals surface area contributed by atoms with Gasteiger partial charge in [-0.05, 0) is 36.8 Å². The van der Waals surface area contributed by atoms with Crippen molar-refractivity contribution in [3.63, 3.8) is 0 Å². The van der Waals surface area contributed by atoms with E-state index in [1.165, 1.54) is 29.6 Å². The summed E-state index contributed by atoms with van der Waals surface area (Å²) in [6.07, 6.45) is 1.31. The fraction of sp³-hybridized carbons (Fsp3) is 0.238. The van der Waals surface area contributed by atoms with Crippen molar-refractivity contribution in [2.45, 2.75) is 16.7 Å². The molecule has 4 rings (SSSR count). The third kappa shape index (κ3) is 3.88. The quantitative estimate of drug-likeness (QED) is 0.708. The molecule has 8 heteroatoms. The molecule has 0 atom stereocenters. The van der Waals surface area contributed by atoms with Crippen LogP contribution in [0.2, 0.25) is 0 Å². The number of nitrogens with two attached hydrogens (primary N) is 1. The summed E-state index contributed by atoms with van der Waals surface area (Å²) >= 11 is 0. The number of hydrogen-bond acceptors (Lipinski definition) is 7. The van der Waals surface area contributed by atoms with Crippen LogP contribution in [0.5, 0.6) is 0 Å². The Morgan fingerprint density at radius 1 is 0.931 bits per heavy atom. The predicted octanol–water partition coefficient (Wildman–Crippen LogP) is 2.53. The van der Waals surface area contributed by atoms with E-state index < -0.39 is 9.84 Å². The highest BCUT2D eigenvalue weighted by atomic mass is 32.2. The van der Waals surface area contributed by atoms with E-state index in [0.29, 0.717) is 5.95 Å². The van der Waals surface area contributed by atoms with Crippen molar-refractivity contribution in [2.24, 2.45) is 0 Å². The summed E-state index contributed by atoms with van der Waals surface area (Å²) in [6, 6.07) is 16.6. The molecule has 2 aromatic carbocycles. The van der Waals surface area contributed by atoms with Gasteiger partial charge in [-0.15, -0.1) is 0 Å². The molecule has 0 spiro atoms. The summed E-state index contributed by atoms with van der Waals surface area (Å²) in [7, 11) is -3.74. The van der Waals surface area contributed by atoms with Crippen LogP contribution in [-0.2, 0) is 9.84 Å². The maximum absolute atomic E-state index is 12.8. The number of aromatic nitrogens is 2. The Hall–Kier alpha value is -3.13. The van der Waals surface area contributed by atoms with Gasteiger partial charge >= 0.3 is 0 Å². The maximum atomic E-state index is 12.8. The van der Waals surface area contributed by atoms with Gasteiger partial charge in [0.15, 0.2) is 0 Å². The smallest absolute Gasteiger partial charge is 0.227 e. The van der Waals surface area contributed by atoms with Crippen LogP contribution in [0.15, 0.2) is 70.6 Å². The molecule has 0 saturated carbocycles. The van der Waals surface area contributed by atoms with E-state index >= 15 is 0 Å². The van der Waals surface area contributed by atoms with Gasteiger partial charge in [-0.3, -0.25) is 0 Å². The topological polar surface area (TPSA) is 92.4 Å². The van der Waals surface area contributed by atoms with E-state index in [1.807, 2.05) is 4.90 Å². The predicted molar refractivity (Wildman–Crippen MR) is 114 cm³/mol. The van der Waals surface area contributed by atoms with E-state index in [0.717, 1.165) is 26.2 Å². The van der Waals surface area contributed by atoms with Crippen LogP contribution >= 0.6 is 0 Å². The number of sulfone groups is 1. The number of hydrogen-bond donors (Lipinski definition) is 1. The molecule has 1 aromatic heterocycles. The van der Waals surface area contributed by atoms with Gasteiger partial charge in [0.05, 0.1) is 11.1 Å². The lowest BCUT2D eigenvalue weighted by Gasteiger charge is -2.36. The Morgan fingerprint density at radius 3 is 2.28 bits per heavy atom. The molecule has 1 aliphatic rings. The highest BCUT2D eigenvalue weighted by Crippen LogP contribution is 2.26. The van der Waals surface area contributed by atoms with Crippen LogP contribution in [0, 0.1) is 6.92 Å². The molecular formula is C21H23N5O2S. The van der Waals surface area contributed by atoms with E-state index in [1.54, 1.807) is 18.2 Å². The lowest BCUT2D eigenvalue weighted by atomic mass is 10.2. The first-order valence-corrected chi connectivity index (χ1v) is 10.9. The van der Waals surface area contributed by atoms with E-state index in [4.69, 9.17) is 5.73 Å². The summed E-state index contributed by atoms with van der Waals surface area (Å²) in [4.78, 5) is 13.1. The molecule has 0 radical (unpaired) electrons. The number of anilines is 3. The Kier molecular flexibility index (Phi) is 5.10. The van der Waals surface area contributed by atoms with Crippen molar-refractivity contribution >= 4 is 27.3 Å². The van der Waals surface area contributed by atoms with Gasteiger partial charge in [0, 0.05) is 31.9 Å². The van der Waals surface area contributed by atoms with E-state index in [9.17, 15) is 8.42 Å². The van der Waals surface area contributed by atoms with Crippen molar-refractivity contribution in [2.75, 3.05) is 41.7 Å². The average Bonchev–Trinajstić information content (AvgIpc) is 2.74. The average molecular weight is 410 g/mol. The summed E-state index contributed by atoms with van der Waals surface area (Å²) in [5.41, 5.74) is 8.45. The largest absolute Gasteiger partial charge is 0.382 e. The highest BCUT2D eigenvalue weighted by Gasteiger charge is 2.24. The third-order valence-electron chi connectivity index (χ3n) is 5.04. The Bertz CT molecular complexity index is 1110. The maximum Gasteiger partial charge on any atom is 0.227 e. The molecule has 3 aromatic rings. The second-order valence-electron chi connectivity index (χ2n) is 7.05. The molecule has 1 aliphatic heterocycles. The minimum absolute atomic E-state index is 0.0278. The summed E-state index contributed by atoms with van der Waals surface area (Å²) in [5.74, 6) is 0.429. The van der Waals surface area contributed by atoms with Crippen molar-refractivity contribution in [1.82, 2.24) is 9.97 Å². The van der Waals surface area contributed by atoms with Gasteiger partial charge in [0.25, 0.3) is 0 Å². The molecule has 0 amide bonds. The van der Waals surface area contributed by atoms with Crippen LogP contribution in [-0.4, -0.2) is 44.6 Å². The third-order valence-corrected chi connectivity index (χ3v) is 6.83. The molecule has 1 saturated heterocycles. The van der Waals surface area contributed by atoms with Crippen molar-refractivity contribution in [1.29, 1.82) is 0 Å². The number of benzene rings is 2. The van der Waals surface area contributed by atoms with Gasteiger partial charge < -0.3 is 15.5 Å². The zero-order valence-electron chi connectivity index (χ0n) is 16.2. The molecular weight excluding hydrogens is 386 g/mol. The molecule has 1 fully saturated rings. The van der Waals surface area contributed by atoms with Crippen molar-refractivity contribution < 1.29 is 8.42 Å². The van der Waals surface area contributed by atoms with E-state index in [-0.39, 0.29) is 15.6 Å². The monoisotopic (exact) mass is 409 g/mol. The first-order chi connectivity index (χ1) is 13.9. The standard InChI is InChI=1S/C21H23N5O2S/c1-16-6-5-7-17(14-16)25-10-12-26(13-11-25)21-23-15-19(20(22)24-21)29(27,28)18-8-3-2-4-9-18/h2-9,14-15H,10-13H2,1H3,(H2,22,23,24). The van der Waals surface area contributed by atoms with E-state index in [2.05, 4.69) is 46.1 Å². The minimum atomic E-state index is -3.74. The van der Waals surface area contributed by atoms with Gasteiger partial charge in [-0.2, -0.15) is 4.98 Å². The molecule has 150 valence electrons. The first-order valence-electron chi connectivity index (χ1n) is 9.44. The van der Waals surface area contributed by atoms with Crippen LogP contribution in [0.25, 0.3) is 0 Å². The molecule has 2 heterocycles. The molecule has 29 heavy (non-hydrogen) atoms. The minimum Gasteiger partial charge on any atom is -0.382 e. The number of piperazine rings is 1. The Labute approximate surface area is 170 Å². The Morgan fingerprint density at radius 2 is 1.62 bits per heavy atom. The molecule has 2 N–H and O–H groups in total. The first kappa shape index (κ1) is 19.2. The van der Waals surface area contributed by atoms with Crippen LogP contribution in [0.4, 0.5) is 17.5 Å². The number of nitrogens with zero attached hydrogens (tertiary/aromatic N) is 4. The lowest BCUT2D eigenvalue weighted by Crippen LogP contribution is -2.47. The fourth-order valence-electron chi connectivity index (χ4n) is 3.45. The van der Waals surface area contributed by atoms with Crippen LogP contribution in [0.3, 0.4) is 0 Å². The molecule has 0 aliphatic carbocycles. The highest BCUT2D eigenvalue weighted by molar-refractivity contribution is 7.91. The second-order valence-corrected chi connectivity index (χ2v) is 8.97. The number of rotatable bonds is 4. The molecule has 0 unspecified atom stereocenters. The molecule has 0 bridgehead atoms. The summed E-state index contributed by atoms with van der Waals surface area (Å²) < 4.78 is 25.6. The SMILES string of the molecule is Cc1cccc(N2CCN(c3ncc(S(=O)(=O)c4ccccc4)c(N)n3)CC2)c1.